The van der Waals surface area contributed by atoms with Gasteiger partial charge in [0, 0.05) is 51.4 Å². The highest BCUT2D eigenvalue weighted by atomic mass is 32.2. The summed E-state index contributed by atoms with van der Waals surface area (Å²) in [6.45, 7) is 8.96. The fourth-order valence-corrected chi connectivity index (χ4v) is 4.83. The number of benzene rings is 2. The maximum Gasteiger partial charge on any atom is 0.261 e. The first-order valence-corrected chi connectivity index (χ1v) is 12.8. The number of carbonyl (C=O) groups excluding carboxylic acids is 1. The van der Waals surface area contributed by atoms with Crippen molar-refractivity contribution in [2.45, 2.75) is 18.7 Å². The fraction of sp³-hybridized carbons (Fsp3) is 0.458. The second-order valence-electron chi connectivity index (χ2n) is 8.58. The molecule has 1 heterocycles. The van der Waals surface area contributed by atoms with Gasteiger partial charge >= 0.3 is 0 Å². The molecule has 180 valence electrons. The molecule has 1 saturated heterocycles. The number of piperazine rings is 1. The minimum absolute atomic E-state index is 0.109. The summed E-state index contributed by atoms with van der Waals surface area (Å²) in [5.41, 5.74) is 2.66. The normalized spacial score (nSPS) is 14.4. The standard InChI is InChI=1S/C24H35N5O3S/c1-5-28(17-16-27(3)4)24(30)20-8-11-23(29-14-12-25-13-15-29)22(18-20)26-33(31,32)21-9-6-19(2)7-10-21/h6-11,18,25-26H,5,12-17H2,1-4H3. The average Bonchev–Trinajstić information content (AvgIpc) is 2.79. The zero-order valence-electron chi connectivity index (χ0n) is 20.0. The molecule has 0 aromatic heterocycles. The topological polar surface area (TPSA) is 85.0 Å². The molecule has 0 saturated carbocycles. The Morgan fingerprint density at radius 2 is 1.73 bits per heavy atom. The highest BCUT2D eigenvalue weighted by Gasteiger charge is 2.22. The van der Waals surface area contributed by atoms with Crippen LogP contribution in [0.4, 0.5) is 11.4 Å². The van der Waals surface area contributed by atoms with Crippen molar-refractivity contribution in [1.82, 2.24) is 15.1 Å². The zero-order chi connectivity index (χ0) is 24.0. The molecule has 2 aromatic rings. The molecule has 1 aliphatic rings. The molecule has 0 spiro atoms. The van der Waals surface area contributed by atoms with Gasteiger partial charge in [-0.25, -0.2) is 8.42 Å². The van der Waals surface area contributed by atoms with E-state index in [1.54, 1.807) is 41.3 Å². The molecule has 0 radical (unpaired) electrons. The summed E-state index contributed by atoms with van der Waals surface area (Å²) < 4.78 is 29.1. The van der Waals surface area contributed by atoms with E-state index in [-0.39, 0.29) is 10.8 Å². The lowest BCUT2D eigenvalue weighted by molar-refractivity contribution is 0.0754. The maximum atomic E-state index is 13.2. The van der Waals surface area contributed by atoms with Gasteiger partial charge in [-0.05, 0) is 58.3 Å². The minimum Gasteiger partial charge on any atom is -0.367 e. The lowest BCUT2D eigenvalue weighted by Crippen LogP contribution is -2.44. The van der Waals surface area contributed by atoms with Gasteiger partial charge in [0.25, 0.3) is 15.9 Å². The number of hydrogen-bond acceptors (Lipinski definition) is 6. The van der Waals surface area contributed by atoms with Gasteiger partial charge in [0.1, 0.15) is 0 Å². The molecule has 0 bridgehead atoms. The van der Waals surface area contributed by atoms with E-state index >= 15 is 0 Å². The molecule has 0 unspecified atom stereocenters. The third-order valence-corrected chi connectivity index (χ3v) is 7.14. The van der Waals surface area contributed by atoms with Crippen LogP contribution in [0, 0.1) is 6.92 Å². The third-order valence-electron chi connectivity index (χ3n) is 5.76. The molecule has 0 atom stereocenters. The van der Waals surface area contributed by atoms with Gasteiger partial charge in [0.15, 0.2) is 0 Å². The van der Waals surface area contributed by atoms with Crippen LogP contribution in [0.2, 0.25) is 0 Å². The Hall–Kier alpha value is -2.62. The van der Waals surface area contributed by atoms with Crippen molar-refractivity contribution in [1.29, 1.82) is 0 Å². The second kappa shape index (κ2) is 11.0. The fourth-order valence-electron chi connectivity index (χ4n) is 3.76. The molecule has 2 N–H and O–H groups in total. The molecule has 33 heavy (non-hydrogen) atoms. The monoisotopic (exact) mass is 473 g/mol. The number of nitrogens with zero attached hydrogens (tertiary/aromatic N) is 3. The largest absolute Gasteiger partial charge is 0.367 e. The van der Waals surface area contributed by atoms with Crippen LogP contribution < -0.4 is 14.9 Å². The first-order valence-electron chi connectivity index (χ1n) is 11.3. The number of hydrogen-bond donors (Lipinski definition) is 2. The number of amides is 1. The van der Waals surface area contributed by atoms with Gasteiger partial charge in [-0.1, -0.05) is 17.7 Å². The third kappa shape index (κ3) is 6.46. The van der Waals surface area contributed by atoms with Gasteiger partial charge in [0.05, 0.1) is 16.3 Å². The van der Waals surface area contributed by atoms with Gasteiger partial charge < -0.3 is 20.0 Å². The van der Waals surface area contributed by atoms with E-state index in [1.165, 1.54) is 0 Å². The van der Waals surface area contributed by atoms with E-state index < -0.39 is 10.0 Å². The van der Waals surface area contributed by atoms with Gasteiger partial charge in [-0.15, -0.1) is 0 Å². The smallest absolute Gasteiger partial charge is 0.261 e. The first kappa shape index (κ1) is 25.0. The predicted molar refractivity (Wildman–Crippen MR) is 134 cm³/mol. The van der Waals surface area contributed by atoms with E-state index in [1.807, 2.05) is 38.9 Å². The van der Waals surface area contributed by atoms with Crippen LogP contribution in [0.1, 0.15) is 22.8 Å². The summed E-state index contributed by atoms with van der Waals surface area (Å²) in [7, 11) is 0.137. The molecule has 9 heteroatoms. The predicted octanol–water partition coefficient (Wildman–Crippen LogP) is 2.23. The maximum absolute atomic E-state index is 13.2. The van der Waals surface area contributed by atoms with Crippen LogP contribution in [0.5, 0.6) is 0 Å². The molecule has 1 amide bonds. The van der Waals surface area contributed by atoms with Crippen LogP contribution in [0.25, 0.3) is 0 Å². The summed E-state index contributed by atoms with van der Waals surface area (Å²) in [5.74, 6) is -0.109. The van der Waals surface area contributed by atoms with Crippen molar-refractivity contribution in [3.8, 4) is 0 Å². The first-order chi connectivity index (χ1) is 15.7. The second-order valence-corrected chi connectivity index (χ2v) is 10.3. The van der Waals surface area contributed by atoms with E-state index in [2.05, 4.69) is 14.9 Å². The molecule has 8 nitrogen and oxygen atoms in total. The lowest BCUT2D eigenvalue weighted by Gasteiger charge is -2.31. The summed E-state index contributed by atoms with van der Waals surface area (Å²) in [4.78, 5) is 19.3. The number of likely N-dealkylation sites (N-methyl/N-ethyl adjacent to an activating group) is 2. The van der Waals surface area contributed by atoms with Crippen LogP contribution in [0.3, 0.4) is 0 Å². The van der Waals surface area contributed by atoms with Gasteiger partial charge in [-0.3, -0.25) is 9.52 Å². The SMILES string of the molecule is CCN(CCN(C)C)C(=O)c1ccc(N2CCNCC2)c(NS(=O)(=O)c2ccc(C)cc2)c1. The summed E-state index contributed by atoms with van der Waals surface area (Å²) >= 11 is 0. The Morgan fingerprint density at radius 3 is 2.33 bits per heavy atom. The van der Waals surface area contributed by atoms with E-state index in [9.17, 15) is 13.2 Å². The molecule has 1 aliphatic heterocycles. The van der Waals surface area contributed by atoms with Crippen LogP contribution in [0.15, 0.2) is 47.4 Å². The number of sulfonamides is 1. The van der Waals surface area contributed by atoms with Crippen molar-refractivity contribution in [3.05, 3.63) is 53.6 Å². The minimum atomic E-state index is -3.80. The highest BCUT2D eigenvalue weighted by Crippen LogP contribution is 2.30. The van der Waals surface area contributed by atoms with Crippen molar-refractivity contribution in [3.63, 3.8) is 0 Å². The van der Waals surface area contributed by atoms with Crippen molar-refractivity contribution in [2.75, 3.05) is 69.5 Å². The van der Waals surface area contributed by atoms with Crippen LogP contribution in [-0.4, -0.2) is 84.0 Å². The van der Waals surface area contributed by atoms with Crippen LogP contribution in [-0.2, 0) is 10.0 Å². The number of rotatable bonds is 9. The Bertz CT molecular complexity index is 1050. The molecular weight excluding hydrogens is 438 g/mol. The number of aryl methyl sites for hydroxylation is 1. The Labute approximate surface area is 197 Å². The van der Waals surface area contributed by atoms with Crippen molar-refractivity contribution >= 4 is 27.3 Å². The van der Waals surface area contributed by atoms with Gasteiger partial charge in [0.2, 0.25) is 0 Å². The molecule has 0 aliphatic carbocycles. The Morgan fingerprint density at radius 1 is 1.06 bits per heavy atom. The van der Waals surface area contributed by atoms with Crippen LogP contribution >= 0.6 is 0 Å². The number of nitrogens with one attached hydrogen (secondary N) is 2. The van der Waals surface area contributed by atoms with Crippen molar-refractivity contribution < 1.29 is 13.2 Å². The van der Waals surface area contributed by atoms with Gasteiger partial charge in [-0.2, -0.15) is 0 Å². The van der Waals surface area contributed by atoms with E-state index in [0.29, 0.717) is 24.3 Å². The summed E-state index contributed by atoms with van der Waals surface area (Å²) in [6, 6.07) is 12.1. The zero-order valence-corrected chi connectivity index (χ0v) is 20.8. The quantitative estimate of drug-likeness (QED) is 0.581. The lowest BCUT2D eigenvalue weighted by atomic mass is 10.1. The van der Waals surface area contributed by atoms with Crippen molar-refractivity contribution in [2.24, 2.45) is 0 Å². The summed E-state index contributed by atoms with van der Waals surface area (Å²) in [6.07, 6.45) is 0. The highest BCUT2D eigenvalue weighted by molar-refractivity contribution is 7.92. The Balaban J connectivity index is 1.95. The number of carbonyl (C=O) groups is 1. The van der Waals surface area contributed by atoms with E-state index in [4.69, 9.17) is 0 Å². The number of anilines is 2. The Kier molecular flexibility index (Phi) is 8.34. The average molecular weight is 474 g/mol. The molecule has 2 aromatic carbocycles. The molecule has 1 fully saturated rings. The molecular formula is C24H35N5O3S. The molecule has 3 rings (SSSR count). The van der Waals surface area contributed by atoms with E-state index in [0.717, 1.165) is 44.0 Å². The summed E-state index contributed by atoms with van der Waals surface area (Å²) in [5, 5.41) is 3.31.